The first-order chi connectivity index (χ1) is 11.3. The van der Waals surface area contributed by atoms with Crippen molar-refractivity contribution in [1.29, 1.82) is 0 Å². The van der Waals surface area contributed by atoms with Gasteiger partial charge < -0.3 is 15.2 Å². The van der Waals surface area contributed by atoms with E-state index in [1.165, 1.54) is 25.7 Å². The zero-order chi connectivity index (χ0) is 17.4. The molecular formula is C18H37N4OP. The first-order valence-electron chi connectivity index (χ1n) is 9.75. The Balaban J connectivity index is 1.79. The average molecular weight is 356 g/mol. The molecule has 3 fully saturated rings. The van der Waals surface area contributed by atoms with Gasteiger partial charge in [0.1, 0.15) is 0 Å². The van der Waals surface area contributed by atoms with Crippen molar-refractivity contribution in [3.05, 3.63) is 0 Å². The predicted molar refractivity (Wildman–Crippen MR) is 102 cm³/mol. The molecule has 0 bridgehead atoms. The van der Waals surface area contributed by atoms with E-state index in [0.29, 0.717) is 12.1 Å². The van der Waals surface area contributed by atoms with E-state index in [2.05, 4.69) is 55.0 Å². The van der Waals surface area contributed by atoms with Crippen LogP contribution in [0.25, 0.3) is 0 Å². The van der Waals surface area contributed by atoms with Crippen LogP contribution in [0.3, 0.4) is 0 Å². The molecular weight excluding hydrogens is 319 g/mol. The van der Waals surface area contributed by atoms with Gasteiger partial charge in [-0.3, -0.25) is 5.09 Å². The minimum absolute atomic E-state index is 0.163. The molecule has 3 aliphatic heterocycles. The lowest BCUT2D eigenvalue weighted by Crippen LogP contribution is -2.61. The van der Waals surface area contributed by atoms with Crippen molar-refractivity contribution in [2.75, 3.05) is 26.2 Å². The molecule has 5 nitrogen and oxygen atoms in total. The third-order valence-corrected chi connectivity index (χ3v) is 8.27. The van der Waals surface area contributed by atoms with Crippen molar-refractivity contribution in [2.45, 2.75) is 83.5 Å². The molecule has 0 radical (unpaired) electrons. The minimum Gasteiger partial charge on any atom is -0.330 e. The molecule has 0 spiro atoms. The summed E-state index contributed by atoms with van der Waals surface area (Å²) in [5.41, 5.74) is 0.386. The molecule has 3 saturated heterocycles. The Hall–Kier alpha value is 0.230. The second kappa shape index (κ2) is 7.46. The maximum Gasteiger partial charge on any atom is 0.186 e. The molecule has 5 atom stereocenters. The highest BCUT2D eigenvalue weighted by Gasteiger charge is 2.47. The van der Waals surface area contributed by atoms with Crippen molar-refractivity contribution in [3.63, 3.8) is 0 Å². The van der Waals surface area contributed by atoms with E-state index >= 15 is 0 Å². The number of hydrogen-bond donors (Lipinski definition) is 3. The Morgan fingerprint density at radius 1 is 1.17 bits per heavy atom. The van der Waals surface area contributed by atoms with E-state index in [4.69, 9.17) is 4.52 Å². The number of rotatable bonds is 3. The number of hydrogen-bond acceptors (Lipinski definition) is 5. The van der Waals surface area contributed by atoms with Crippen molar-refractivity contribution in [1.82, 2.24) is 20.4 Å². The maximum absolute atomic E-state index is 6.22. The number of nitrogens with zero attached hydrogens (tertiary/aromatic N) is 1. The van der Waals surface area contributed by atoms with Crippen LogP contribution in [0.4, 0.5) is 0 Å². The standard InChI is InChI=1S/C18H37N4OP/c1-14-12-16(6-8-19-14)18(7-9-20-15(2)13-18)21-24-22(10-11-23-24)17(3,4)5/h14-16,19-21H,6-13H2,1-5H3. The zero-order valence-corrected chi connectivity index (χ0v) is 17.1. The average Bonchev–Trinajstić information content (AvgIpc) is 2.95. The van der Waals surface area contributed by atoms with E-state index in [-0.39, 0.29) is 11.1 Å². The van der Waals surface area contributed by atoms with Gasteiger partial charge in [-0.25, -0.2) is 4.67 Å². The molecule has 140 valence electrons. The lowest BCUT2D eigenvalue weighted by atomic mass is 9.70. The largest absolute Gasteiger partial charge is 0.330 e. The summed E-state index contributed by atoms with van der Waals surface area (Å²) in [5.74, 6) is 0.742. The highest BCUT2D eigenvalue weighted by Crippen LogP contribution is 2.51. The molecule has 0 amide bonds. The van der Waals surface area contributed by atoms with Gasteiger partial charge in [-0.15, -0.1) is 0 Å². The van der Waals surface area contributed by atoms with Crippen molar-refractivity contribution in [2.24, 2.45) is 5.92 Å². The molecule has 3 N–H and O–H groups in total. The van der Waals surface area contributed by atoms with E-state index in [1.54, 1.807) is 0 Å². The SMILES string of the molecule is CC1CC(C2(NP3OCCN3C(C)(C)C)CCNC(C)C2)CCN1. The van der Waals surface area contributed by atoms with Crippen molar-refractivity contribution in [3.8, 4) is 0 Å². The molecule has 0 aromatic carbocycles. The summed E-state index contributed by atoms with van der Waals surface area (Å²) in [6, 6.07) is 1.21. The molecule has 0 aromatic rings. The maximum atomic E-state index is 6.22. The van der Waals surface area contributed by atoms with Crippen LogP contribution >= 0.6 is 8.45 Å². The Labute approximate surface area is 149 Å². The van der Waals surface area contributed by atoms with Crippen molar-refractivity contribution < 1.29 is 4.52 Å². The smallest absolute Gasteiger partial charge is 0.186 e. The van der Waals surface area contributed by atoms with Crippen LogP contribution in [0.15, 0.2) is 0 Å². The fraction of sp³-hybridized carbons (Fsp3) is 1.00. The Morgan fingerprint density at radius 3 is 2.58 bits per heavy atom. The quantitative estimate of drug-likeness (QED) is 0.679. The highest BCUT2D eigenvalue weighted by atomic mass is 31.2. The number of piperidine rings is 2. The Kier molecular flexibility index (Phi) is 5.91. The van der Waals surface area contributed by atoms with Gasteiger partial charge in [-0.1, -0.05) is 0 Å². The van der Waals surface area contributed by atoms with Gasteiger partial charge in [-0.2, -0.15) is 0 Å². The van der Waals surface area contributed by atoms with Crippen LogP contribution in [0.5, 0.6) is 0 Å². The summed E-state index contributed by atoms with van der Waals surface area (Å²) in [6.45, 7) is 15.8. The van der Waals surface area contributed by atoms with Crippen LogP contribution in [-0.2, 0) is 4.52 Å². The van der Waals surface area contributed by atoms with Crippen LogP contribution in [0.2, 0.25) is 0 Å². The molecule has 5 unspecified atom stereocenters. The molecule has 0 aromatic heterocycles. The third kappa shape index (κ3) is 4.13. The fourth-order valence-corrected chi connectivity index (χ4v) is 6.88. The topological polar surface area (TPSA) is 48.6 Å². The number of nitrogens with one attached hydrogen (secondary N) is 3. The molecule has 3 rings (SSSR count). The summed E-state index contributed by atoms with van der Waals surface area (Å²) >= 11 is 0. The lowest BCUT2D eigenvalue weighted by Gasteiger charge is -2.51. The Bertz CT molecular complexity index is 430. The summed E-state index contributed by atoms with van der Waals surface area (Å²) in [4.78, 5) is 0. The fourth-order valence-electron chi connectivity index (χ4n) is 4.72. The zero-order valence-electron chi connectivity index (χ0n) is 16.2. The van der Waals surface area contributed by atoms with Gasteiger partial charge in [0.25, 0.3) is 0 Å². The van der Waals surface area contributed by atoms with Gasteiger partial charge in [0, 0.05) is 29.7 Å². The summed E-state index contributed by atoms with van der Waals surface area (Å²) in [5, 5.41) is 11.4. The van der Waals surface area contributed by atoms with E-state index in [9.17, 15) is 0 Å². The first kappa shape index (κ1) is 19.0. The Morgan fingerprint density at radius 2 is 1.92 bits per heavy atom. The van der Waals surface area contributed by atoms with Crippen LogP contribution < -0.4 is 15.7 Å². The lowest BCUT2D eigenvalue weighted by molar-refractivity contribution is 0.114. The van der Waals surface area contributed by atoms with E-state index in [0.717, 1.165) is 32.2 Å². The van der Waals surface area contributed by atoms with Gasteiger partial charge in [-0.05, 0) is 79.3 Å². The predicted octanol–water partition coefficient (Wildman–Crippen LogP) is 2.83. The molecule has 3 aliphatic rings. The summed E-state index contributed by atoms with van der Waals surface area (Å²) < 4.78 is 8.77. The van der Waals surface area contributed by atoms with Gasteiger partial charge >= 0.3 is 0 Å². The first-order valence-corrected chi connectivity index (χ1v) is 11.0. The van der Waals surface area contributed by atoms with Crippen LogP contribution in [0.1, 0.15) is 60.3 Å². The highest BCUT2D eigenvalue weighted by molar-refractivity contribution is 7.48. The minimum atomic E-state index is -0.691. The molecule has 3 heterocycles. The van der Waals surface area contributed by atoms with Gasteiger partial charge in [0.15, 0.2) is 8.45 Å². The monoisotopic (exact) mass is 356 g/mol. The van der Waals surface area contributed by atoms with Gasteiger partial charge in [0.2, 0.25) is 0 Å². The molecule has 0 saturated carbocycles. The van der Waals surface area contributed by atoms with Crippen LogP contribution in [0, 0.1) is 5.92 Å². The third-order valence-electron chi connectivity index (χ3n) is 5.97. The second-order valence-electron chi connectivity index (χ2n) is 9.05. The molecule has 24 heavy (non-hydrogen) atoms. The van der Waals surface area contributed by atoms with E-state index in [1.807, 2.05) is 0 Å². The van der Waals surface area contributed by atoms with Gasteiger partial charge in [0.05, 0.1) is 6.61 Å². The molecule has 6 heteroatoms. The van der Waals surface area contributed by atoms with E-state index < -0.39 is 8.45 Å². The second-order valence-corrected chi connectivity index (χ2v) is 10.6. The normalized spacial score (nSPS) is 42.4. The summed E-state index contributed by atoms with van der Waals surface area (Å²) in [6.07, 6.45) is 4.99. The van der Waals surface area contributed by atoms with Crippen LogP contribution in [-0.4, -0.2) is 54.1 Å². The van der Waals surface area contributed by atoms with Crippen molar-refractivity contribution >= 4 is 8.45 Å². The molecule has 0 aliphatic carbocycles. The summed E-state index contributed by atoms with van der Waals surface area (Å²) in [7, 11) is -0.691.